The van der Waals surface area contributed by atoms with Gasteiger partial charge >= 0.3 is 0 Å². The summed E-state index contributed by atoms with van der Waals surface area (Å²) in [4.78, 5) is 34.5. The molecular formula is C18H22N4O2S. The zero-order valence-electron chi connectivity index (χ0n) is 14.4. The van der Waals surface area contributed by atoms with Crippen molar-refractivity contribution in [2.45, 2.75) is 25.8 Å². The Bertz CT molecular complexity index is 836. The number of anilines is 1. The van der Waals surface area contributed by atoms with E-state index in [1.807, 2.05) is 4.90 Å². The molecule has 0 N–H and O–H groups in total. The molecule has 132 valence electrons. The number of rotatable bonds is 2. The highest BCUT2D eigenvalue weighted by Crippen LogP contribution is 2.28. The molecule has 0 bridgehead atoms. The van der Waals surface area contributed by atoms with Gasteiger partial charge < -0.3 is 14.4 Å². The molecule has 4 rings (SSSR count). The number of hydrogen-bond donors (Lipinski definition) is 0. The summed E-state index contributed by atoms with van der Waals surface area (Å²) in [5, 5.41) is 2.12. The Labute approximate surface area is 150 Å². The fraction of sp³-hybridized carbons (Fsp3) is 0.500. The maximum atomic E-state index is 12.9. The van der Waals surface area contributed by atoms with Crippen molar-refractivity contribution in [2.75, 3.05) is 24.5 Å². The topological polar surface area (TPSA) is 58.4 Å². The predicted octanol–water partition coefficient (Wildman–Crippen LogP) is 1.64. The highest BCUT2D eigenvalue weighted by Gasteiger charge is 2.31. The molecule has 7 heteroatoms. The summed E-state index contributed by atoms with van der Waals surface area (Å²) in [6.07, 6.45) is 4.18. The van der Waals surface area contributed by atoms with Gasteiger partial charge in [0.2, 0.25) is 5.91 Å². The number of piperidine rings is 1. The highest BCUT2D eigenvalue weighted by molar-refractivity contribution is 7.10. The fourth-order valence-corrected chi connectivity index (χ4v) is 4.57. The Hall–Kier alpha value is -2.15. The van der Waals surface area contributed by atoms with Gasteiger partial charge in [-0.2, -0.15) is 0 Å². The minimum atomic E-state index is -0.0527. The average molecular weight is 358 g/mol. The van der Waals surface area contributed by atoms with Crippen LogP contribution < -0.4 is 10.5 Å². The maximum Gasteiger partial charge on any atom is 0.255 e. The Kier molecular flexibility index (Phi) is 4.33. The number of hydrogen-bond acceptors (Lipinski definition) is 5. The molecule has 0 radical (unpaired) electrons. The summed E-state index contributed by atoms with van der Waals surface area (Å²) < 4.78 is 1.47. The number of aromatic nitrogens is 2. The van der Waals surface area contributed by atoms with Crippen LogP contribution in [0, 0.1) is 5.92 Å². The van der Waals surface area contributed by atoms with Crippen molar-refractivity contribution < 1.29 is 4.79 Å². The van der Waals surface area contributed by atoms with Crippen LogP contribution in [-0.4, -0.2) is 40.0 Å². The van der Waals surface area contributed by atoms with Crippen molar-refractivity contribution in [3.05, 3.63) is 44.6 Å². The van der Waals surface area contributed by atoms with E-state index < -0.39 is 0 Å². The van der Waals surface area contributed by atoms with E-state index in [1.54, 1.807) is 30.8 Å². The van der Waals surface area contributed by atoms with Gasteiger partial charge in [0.1, 0.15) is 5.82 Å². The number of nitrogens with zero attached hydrogens (tertiary/aromatic N) is 4. The standard InChI is InChI=1S/C18H22N4O2S/c1-20-12-19-16(10-17(20)23)21-6-2-13(3-7-21)18(24)22-8-4-15-14(11-22)5-9-25-15/h5,9-10,12-13H,2-4,6-8,11H2,1H3. The monoisotopic (exact) mass is 358 g/mol. The van der Waals surface area contributed by atoms with E-state index in [0.29, 0.717) is 0 Å². The van der Waals surface area contributed by atoms with Gasteiger partial charge in [-0.15, -0.1) is 11.3 Å². The van der Waals surface area contributed by atoms with Gasteiger partial charge in [-0.3, -0.25) is 9.59 Å². The number of amides is 1. The first-order valence-electron chi connectivity index (χ1n) is 8.73. The van der Waals surface area contributed by atoms with E-state index in [1.165, 1.54) is 15.0 Å². The molecule has 2 aromatic heterocycles. The number of thiophene rings is 1. The van der Waals surface area contributed by atoms with Gasteiger partial charge in [-0.25, -0.2) is 4.98 Å². The van der Waals surface area contributed by atoms with Crippen molar-refractivity contribution in [1.82, 2.24) is 14.5 Å². The third kappa shape index (κ3) is 3.20. The van der Waals surface area contributed by atoms with Gasteiger partial charge in [0.25, 0.3) is 5.56 Å². The Morgan fingerprint density at radius 3 is 2.84 bits per heavy atom. The van der Waals surface area contributed by atoms with E-state index in [-0.39, 0.29) is 17.4 Å². The largest absolute Gasteiger partial charge is 0.356 e. The SMILES string of the molecule is Cn1cnc(N2CCC(C(=O)N3CCc4sccc4C3)CC2)cc1=O. The molecular weight excluding hydrogens is 336 g/mol. The molecule has 0 aliphatic carbocycles. The lowest BCUT2D eigenvalue weighted by Gasteiger charge is -2.36. The van der Waals surface area contributed by atoms with Crippen LogP contribution in [0.15, 0.2) is 28.6 Å². The summed E-state index contributed by atoms with van der Waals surface area (Å²) in [5.74, 6) is 1.09. The predicted molar refractivity (Wildman–Crippen MR) is 97.9 cm³/mol. The minimum absolute atomic E-state index is 0.0527. The van der Waals surface area contributed by atoms with E-state index in [4.69, 9.17) is 0 Å². The zero-order valence-corrected chi connectivity index (χ0v) is 15.2. The second kappa shape index (κ2) is 6.63. The molecule has 2 aromatic rings. The third-order valence-corrected chi connectivity index (χ3v) is 6.27. The lowest BCUT2D eigenvalue weighted by Crippen LogP contribution is -2.44. The summed E-state index contributed by atoms with van der Waals surface area (Å²) in [5.41, 5.74) is 1.26. The van der Waals surface area contributed by atoms with Gasteiger partial charge in [-0.05, 0) is 36.3 Å². The van der Waals surface area contributed by atoms with E-state index in [2.05, 4.69) is 21.3 Å². The Morgan fingerprint density at radius 2 is 2.08 bits per heavy atom. The Balaban J connectivity index is 1.38. The Morgan fingerprint density at radius 1 is 1.28 bits per heavy atom. The highest BCUT2D eigenvalue weighted by atomic mass is 32.1. The van der Waals surface area contributed by atoms with Gasteiger partial charge in [0.15, 0.2) is 0 Å². The lowest BCUT2D eigenvalue weighted by molar-refractivity contribution is -0.137. The number of aryl methyl sites for hydroxylation is 1. The first kappa shape index (κ1) is 16.3. The molecule has 1 fully saturated rings. The molecule has 0 unspecified atom stereocenters. The molecule has 1 amide bonds. The van der Waals surface area contributed by atoms with Crippen LogP contribution in [0.2, 0.25) is 0 Å². The number of carbonyl (C=O) groups excluding carboxylic acids is 1. The summed E-state index contributed by atoms with van der Waals surface area (Å²) in [6.45, 7) is 3.14. The molecule has 6 nitrogen and oxygen atoms in total. The fourth-order valence-electron chi connectivity index (χ4n) is 3.68. The van der Waals surface area contributed by atoms with Crippen LogP contribution >= 0.6 is 11.3 Å². The van der Waals surface area contributed by atoms with Gasteiger partial charge in [0, 0.05) is 50.1 Å². The minimum Gasteiger partial charge on any atom is -0.356 e. The molecule has 0 saturated carbocycles. The first-order chi connectivity index (χ1) is 12.1. The van der Waals surface area contributed by atoms with Crippen LogP contribution in [0.4, 0.5) is 5.82 Å². The first-order valence-corrected chi connectivity index (χ1v) is 9.61. The molecule has 0 aromatic carbocycles. The van der Waals surface area contributed by atoms with Gasteiger partial charge in [-0.1, -0.05) is 0 Å². The van der Waals surface area contributed by atoms with E-state index in [9.17, 15) is 9.59 Å². The quantitative estimate of drug-likeness (QED) is 0.819. The van der Waals surface area contributed by atoms with Crippen LogP contribution in [0.25, 0.3) is 0 Å². The molecule has 2 aliphatic rings. The molecule has 0 atom stereocenters. The zero-order chi connectivity index (χ0) is 17.4. The number of carbonyl (C=O) groups is 1. The lowest BCUT2D eigenvalue weighted by atomic mass is 9.94. The average Bonchev–Trinajstić information content (AvgIpc) is 3.11. The van der Waals surface area contributed by atoms with Crippen LogP contribution in [0.1, 0.15) is 23.3 Å². The van der Waals surface area contributed by atoms with Crippen LogP contribution in [-0.2, 0) is 24.8 Å². The molecule has 0 spiro atoms. The van der Waals surface area contributed by atoms with Crippen LogP contribution in [0.5, 0.6) is 0 Å². The van der Waals surface area contributed by atoms with Crippen molar-refractivity contribution in [1.29, 1.82) is 0 Å². The van der Waals surface area contributed by atoms with Crippen molar-refractivity contribution in [3.63, 3.8) is 0 Å². The van der Waals surface area contributed by atoms with E-state index >= 15 is 0 Å². The van der Waals surface area contributed by atoms with E-state index in [0.717, 1.165) is 51.3 Å². The van der Waals surface area contributed by atoms with Crippen molar-refractivity contribution in [2.24, 2.45) is 13.0 Å². The van der Waals surface area contributed by atoms with Gasteiger partial charge in [0.05, 0.1) is 6.33 Å². The summed E-state index contributed by atoms with van der Waals surface area (Å²) >= 11 is 1.80. The summed E-state index contributed by atoms with van der Waals surface area (Å²) in [7, 11) is 1.70. The molecule has 1 saturated heterocycles. The molecule has 2 aliphatic heterocycles. The van der Waals surface area contributed by atoms with Crippen molar-refractivity contribution in [3.8, 4) is 0 Å². The maximum absolute atomic E-state index is 12.9. The number of fused-ring (bicyclic) bond motifs is 1. The van der Waals surface area contributed by atoms with Crippen LogP contribution in [0.3, 0.4) is 0 Å². The second-order valence-corrected chi connectivity index (χ2v) is 7.84. The summed E-state index contributed by atoms with van der Waals surface area (Å²) in [6, 6.07) is 3.72. The molecule has 25 heavy (non-hydrogen) atoms. The normalized spacial score (nSPS) is 18.3. The molecule has 4 heterocycles. The smallest absolute Gasteiger partial charge is 0.255 e. The third-order valence-electron chi connectivity index (χ3n) is 5.25. The second-order valence-electron chi connectivity index (χ2n) is 6.84. The van der Waals surface area contributed by atoms with Crippen molar-refractivity contribution >= 4 is 23.1 Å².